The Hall–Kier alpha value is -1.36. The molecule has 1 aliphatic heterocycles. The fraction of sp³-hybridized carbons (Fsp3) is 0.667. The van der Waals surface area contributed by atoms with Gasteiger partial charge < -0.3 is 5.11 Å². The fourth-order valence-corrected chi connectivity index (χ4v) is 2.16. The van der Waals surface area contributed by atoms with E-state index in [1.165, 1.54) is 0 Å². The predicted octanol–water partition coefficient (Wildman–Crippen LogP) is 1.37. The van der Waals surface area contributed by atoms with E-state index >= 15 is 0 Å². The number of rotatable bonds is 5. The average Bonchev–Trinajstić information content (AvgIpc) is 2.62. The molecule has 94 valence electrons. The lowest BCUT2D eigenvalue weighted by Crippen LogP contribution is -2.46. The Labute approximate surface area is 101 Å². The van der Waals surface area contributed by atoms with Crippen molar-refractivity contribution in [3.63, 3.8) is 0 Å². The number of aromatic nitrogens is 2. The van der Waals surface area contributed by atoms with Crippen LogP contribution in [0, 0.1) is 5.92 Å². The van der Waals surface area contributed by atoms with Crippen molar-refractivity contribution >= 4 is 5.97 Å². The fourth-order valence-electron chi connectivity index (χ4n) is 2.16. The second-order valence-electron chi connectivity index (χ2n) is 5.04. The molecule has 2 heterocycles. The van der Waals surface area contributed by atoms with Crippen LogP contribution in [0.25, 0.3) is 0 Å². The molecule has 0 amide bonds. The van der Waals surface area contributed by atoms with Gasteiger partial charge in [-0.15, -0.1) is 0 Å². The van der Waals surface area contributed by atoms with Gasteiger partial charge in [-0.05, 0) is 25.8 Å². The largest absolute Gasteiger partial charge is 0.481 e. The summed E-state index contributed by atoms with van der Waals surface area (Å²) < 4.78 is 1.95. The number of aliphatic carboxylic acids is 1. The molecule has 1 saturated heterocycles. The Morgan fingerprint density at radius 3 is 2.82 bits per heavy atom. The lowest BCUT2D eigenvalue weighted by Gasteiger charge is -2.38. The first-order valence-electron chi connectivity index (χ1n) is 6.02. The summed E-state index contributed by atoms with van der Waals surface area (Å²) in [5.41, 5.74) is 1.06. The Morgan fingerprint density at radius 1 is 1.59 bits per heavy atom. The van der Waals surface area contributed by atoms with E-state index in [4.69, 9.17) is 5.11 Å². The number of carboxylic acids is 1. The highest BCUT2D eigenvalue weighted by Gasteiger charge is 2.28. The second-order valence-corrected chi connectivity index (χ2v) is 5.04. The maximum absolute atomic E-state index is 10.5. The van der Waals surface area contributed by atoms with Crippen molar-refractivity contribution < 1.29 is 9.90 Å². The third-order valence-electron chi connectivity index (χ3n) is 3.07. The topological polar surface area (TPSA) is 58.4 Å². The highest BCUT2D eigenvalue weighted by molar-refractivity contribution is 5.67. The number of carbonyl (C=O) groups is 1. The van der Waals surface area contributed by atoms with Crippen LogP contribution in [0.15, 0.2) is 12.3 Å². The van der Waals surface area contributed by atoms with E-state index in [1.807, 2.05) is 16.9 Å². The Bertz CT molecular complexity index is 394. The van der Waals surface area contributed by atoms with E-state index in [2.05, 4.69) is 23.8 Å². The molecule has 1 N–H and O–H groups in total. The molecule has 0 spiro atoms. The van der Waals surface area contributed by atoms with Gasteiger partial charge in [0.05, 0.1) is 12.1 Å². The molecule has 5 nitrogen and oxygen atoms in total. The minimum atomic E-state index is -0.696. The Kier molecular flexibility index (Phi) is 3.47. The van der Waals surface area contributed by atoms with Crippen LogP contribution in [-0.2, 0) is 11.3 Å². The minimum Gasteiger partial charge on any atom is -0.481 e. The summed E-state index contributed by atoms with van der Waals surface area (Å²) in [6, 6.07) is 2.42. The van der Waals surface area contributed by atoms with Gasteiger partial charge in [-0.25, -0.2) is 0 Å². The average molecular weight is 237 g/mol. The molecule has 0 radical (unpaired) electrons. The molecule has 1 aliphatic rings. The normalized spacial score (nSPS) is 17.4. The van der Waals surface area contributed by atoms with Crippen LogP contribution in [-0.4, -0.2) is 38.8 Å². The van der Waals surface area contributed by atoms with Crippen molar-refractivity contribution in [3.05, 3.63) is 18.0 Å². The second kappa shape index (κ2) is 4.87. The number of likely N-dealkylation sites (tertiary alicyclic amines) is 1. The lowest BCUT2D eigenvalue weighted by atomic mass is 9.96. The number of hydrogen-bond acceptors (Lipinski definition) is 3. The van der Waals surface area contributed by atoms with E-state index < -0.39 is 5.97 Å². The summed E-state index contributed by atoms with van der Waals surface area (Å²) in [6.45, 7) is 6.78. The van der Waals surface area contributed by atoms with Crippen LogP contribution in [0.2, 0.25) is 0 Å². The monoisotopic (exact) mass is 237 g/mol. The molecule has 5 heteroatoms. The van der Waals surface area contributed by atoms with Gasteiger partial charge in [0.2, 0.25) is 0 Å². The molecule has 0 aromatic carbocycles. The zero-order valence-electron chi connectivity index (χ0n) is 10.3. The molecule has 1 aromatic heterocycles. The molecule has 0 saturated carbocycles. The first-order valence-corrected chi connectivity index (χ1v) is 6.02. The summed E-state index contributed by atoms with van der Waals surface area (Å²) in [6.07, 6.45) is 2.28. The maximum atomic E-state index is 10.5. The molecule has 0 aliphatic carbocycles. The molecule has 0 unspecified atom stereocenters. The molecule has 0 bridgehead atoms. The van der Waals surface area contributed by atoms with Gasteiger partial charge in [0.25, 0.3) is 0 Å². The van der Waals surface area contributed by atoms with E-state index in [9.17, 15) is 4.79 Å². The van der Waals surface area contributed by atoms with Gasteiger partial charge >= 0.3 is 5.97 Å². The van der Waals surface area contributed by atoms with Gasteiger partial charge in [0, 0.05) is 31.9 Å². The minimum absolute atomic E-state index is 0.289. The summed E-state index contributed by atoms with van der Waals surface area (Å²) in [4.78, 5) is 12.7. The van der Waals surface area contributed by atoms with Crippen molar-refractivity contribution in [2.45, 2.75) is 32.9 Å². The smallest absolute Gasteiger partial charge is 0.303 e. The van der Waals surface area contributed by atoms with Crippen molar-refractivity contribution in [3.8, 4) is 0 Å². The highest BCUT2D eigenvalue weighted by Crippen LogP contribution is 2.21. The Morgan fingerprint density at radius 2 is 2.29 bits per heavy atom. The first-order chi connectivity index (χ1) is 8.04. The molecular formula is C12H19N3O2. The van der Waals surface area contributed by atoms with Gasteiger partial charge in [0.15, 0.2) is 0 Å². The van der Waals surface area contributed by atoms with Crippen molar-refractivity contribution in [2.24, 2.45) is 5.92 Å². The van der Waals surface area contributed by atoms with Crippen molar-refractivity contribution in [1.82, 2.24) is 14.7 Å². The van der Waals surface area contributed by atoms with Crippen molar-refractivity contribution in [1.29, 1.82) is 0 Å². The van der Waals surface area contributed by atoms with Crippen LogP contribution in [0.5, 0.6) is 0 Å². The van der Waals surface area contributed by atoms with Gasteiger partial charge in [-0.2, -0.15) is 5.10 Å². The molecular weight excluding hydrogens is 218 g/mol. The zero-order chi connectivity index (χ0) is 12.4. The van der Waals surface area contributed by atoms with Crippen LogP contribution >= 0.6 is 0 Å². The number of carboxylic acid groups (broad SMARTS) is 1. The summed E-state index contributed by atoms with van der Waals surface area (Å²) in [5, 5.41) is 13.1. The summed E-state index contributed by atoms with van der Waals surface area (Å²) >= 11 is 0. The van der Waals surface area contributed by atoms with Crippen LogP contribution < -0.4 is 0 Å². The third-order valence-corrected chi connectivity index (χ3v) is 3.07. The van der Waals surface area contributed by atoms with Crippen LogP contribution in [0.1, 0.15) is 32.0 Å². The standard InChI is InChI=1S/C12H19N3O2/c1-9(2)15-4-3-11(13-15)8-14-6-10(7-14)5-12(16)17/h3-4,9-10H,5-8H2,1-2H3,(H,16,17). The van der Waals surface area contributed by atoms with E-state index in [0.29, 0.717) is 12.0 Å². The van der Waals surface area contributed by atoms with Crippen molar-refractivity contribution in [2.75, 3.05) is 13.1 Å². The number of hydrogen-bond donors (Lipinski definition) is 1. The molecule has 1 fully saturated rings. The highest BCUT2D eigenvalue weighted by atomic mass is 16.4. The predicted molar refractivity (Wildman–Crippen MR) is 63.6 cm³/mol. The zero-order valence-corrected chi connectivity index (χ0v) is 10.3. The molecule has 2 rings (SSSR count). The maximum Gasteiger partial charge on any atom is 0.303 e. The quantitative estimate of drug-likeness (QED) is 0.840. The van der Waals surface area contributed by atoms with Gasteiger partial charge in [0.1, 0.15) is 0 Å². The molecule has 1 aromatic rings. The van der Waals surface area contributed by atoms with E-state index in [-0.39, 0.29) is 6.42 Å². The van der Waals surface area contributed by atoms with E-state index in [1.54, 1.807) is 0 Å². The first kappa shape index (κ1) is 12.1. The number of nitrogens with zero attached hydrogens (tertiary/aromatic N) is 3. The van der Waals surface area contributed by atoms with E-state index in [0.717, 1.165) is 25.3 Å². The SMILES string of the molecule is CC(C)n1ccc(CN2CC(CC(=O)O)C2)n1. The molecule has 17 heavy (non-hydrogen) atoms. The van der Waals surface area contributed by atoms with Crippen LogP contribution in [0.3, 0.4) is 0 Å². The Balaban J connectivity index is 1.77. The molecule has 0 atom stereocenters. The van der Waals surface area contributed by atoms with Gasteiger partial charge in [-0.1, -0.05) is 0 Å². The lowest BCUT2D eigenvalue weighted by molar-refractivity contribution is -0.139. The third kappa shape index (κ3) is 3.06. The summed E-state index contributed by atoms with van der Waals surface area (Å²) in [5.74, 6) is -0.376. The van der Waals surface area contributed by atoms with Gasteiger partial charge in [-0.3, -0.25) is 14.4 Å². The van der Waals surface area contributed by atoms with Crippen LogP contribution in [0.4, 0.5) is 0 Å². The summed E-state index contributed by atoms with van der Waals surface area (Å²) in [7, 11) is 0.